The number of anilines is 1. The number of hydrogen-bond acceptors (Lipinski definition) is 5. The van der Waals surface area contributed by atoms with E-state index in [1.165, 1.54) is 6.92 Å². The summed E-state index contributed by atoms with van der Waals surface area (Å²) < 4.78 is 89.2. The Morgan fingerprint density at radius 3 is 2.19 bits per heavy atom. The Hall–Kier alpha value is -1.98. The smallest absolute Gasteiger partial charge is 0.417 e. The lowest BCUT2D eigenvalue weighted by Crippen LogP contribution is -2.15. The van der Waals surface area contributed by atoms with Gasteiger partial charge in [-0.25, -0.2) is 16.8 Å². The predicted octanol–water partition coefficient (Wildman–Crippen LogP) is 3.66. The number of hydrogen-bond donors (Lipinski definition) is 2. The summed E-state index contributed by atoms with van der Waals surface area (Å²) in [5, 5.41) is 9.11. The van der Waals surface area contributed by atoms with Gasteiger partial charge in [0, 0.05) is 0 Å². The van der Waals surface area contributed by atoms with Crippen LogP contribution in [0.2, 0.25) is 5.02 Å². The van der Waals surface area contributed by atoms with Crippen LogP contribution < -0.4 is 4.72 Å². The molecule has 0 unspecified atom stereocenters. The number of halogens is 4. The van der Waals surface area contributed by atoms with Crippen molar-refractivity contribution in [1.29, 1.82) is 0 Å². The molecule has 0 aliphatic carbocycles. The predicted molar refractivity (Wildman–Crippen MR) is 93.1 cm³/mol. The maximum absolute atomic E-state index is 12.9. The first-order valence-electron chi connectivity index (χ1n) is 7.23. The number of aromatic hydroxyl groups is 1. The molecule has 0 saturated carbocycles. The third kappa shape index (κ3) is 4.66. The van der Waals surface area contributed by atoms with Crippen molar-refractivity contribution in [2.75, 3.05) is 10.5 Å². The van der Waals surface area contributed by atoms with Gasteiger partial charge in [-0.05, 0) is 36.4 Å². The van der Waals surface area contributed by atoms with Crippen molar-refractivity contribution in [1.82, 2.24) is 0 Å². The highest BCUT2D eigenvalue weighted by atomic mass is 35.5. The highest BCUT2D eigenvalue weighted by Crippen LogP contribution is 2.36. The second-order valence-electron chi connectivity index (χ2n) is 5.33. The molecule has 2 aromatic rings. The number of alkyl halides is 3. The molecule has 0 aliphatic heterocycles. The molecule has 2 aromatic carbocycles. The average Bonchev–Trinajstić information content (AvgIpc) is 2.55. The molecule has 0 saturated heterocycles. The van der Waals surface area contributed by atoms with Gasteiger partial charge in [-0.3, -0.25) is 4.72 Å². The monoisotopic (exact) mass is 443 g/mol. The highest BCUT2D eigenvalue weighted by molar-refractivity contribution is 7.92. The number of phenolic OH excluding ortho intramolecular Hbond substituents is 1. The van der Waals surface area contributed by atoms with Crippen molar-refractivity contribution in [2.24, 2.45) is 0 Å². The Kier molecular flexibility index (Phi) is 5.69. The fourth-order valence-corrected chi connectivity index (χ4v) is 4.27. The van der Waals surface area contributed by atoms with Gasteiger partial charge in [0.1, 0.15) is 5.75 Å². The highest BCUT2D eigenvalue weighted by Gasteiger charge is 2.34. The van der Waals surface area contributed by atoms with Crippen molar-refractivity contribution >= 4 is 37.1 Å². The van der Waals surface area contributed by atoms with Crippen molar-refractivity contribution in [2.45, 2.75) is 22.9 Å². The van der Waals surface area contributed by atoms with Crippen LogP contribution in [-0.2, 0) is 26.0 Å². The van der Waals surface area contributed by atoms with Crippen molar-refractivity contribution in [3.05, 3.63) is 47.0 Å². The third-order valence-electron chi connectivity index (χ3n) is 3.51. The quantitative estimate of drug-likeness (QED) is 0.687. The molecule has 2 rings (SSSR count). The van der Waals surface area contributed by atoms with Gasteiger partial charge in [-0.1, -0.05) is 18.5 Å². The first-order valence-corrected chi connectivity index (χ1v) is 10.7. The number of rotatable bonds is 5. The maximum Gasteiger partial charge on any atom is 0.417 e. The molecule has 0 amide bonds. The molecule has 0 fully saturated rings. The van der Waals surface area contributed by atoms with E-state index in [-0.39, 0.29) is 10.6 Å². The number of sulfone groups is 1. The van der Waals surface area contributed by atoms with Crippen LogP contribution in [0.25, 0.3) is 0 Å². The summed E-state index contributed by atoms with van der Waals surface area (Å²) in [6, 6.07) is 4.89. The lowest BCUT2D eigenvalue weighted by atomic mass is 10.2. The number of sulfonamides is 1. The molecule has 0 atom stereocenters. The van der Waals surface area contributed by atoms with E-state index in [0.29, 0.717) is 6.07 Å². The molecular formula is C15H13ClF3NO5S2. The normalized spacial score (nSPS) is 12.8. The van der Waals surface area contributed by atoms with Gasteiger partial charge in [0.15, 0.2) is 9.84 Å². The van der Waals surface area contributed by atoms with Crippen LogP contribution in [0.15, 0.2) is 46.2 Å². The SMILES string of the molecule is CCS(=O)(=O)c1ccc(O)c(NS(=O)(=O)c2ccc(Cl)c(C(F)(F)F)c2)c1. The Morgan fingerprint density at radius 2 is 1.63 bits per heavy atom. The standard InChI is InChI=1S/C15H13ClF3NO5S2/c1-2-26(22,23)9-4-6-14(21)13(8-9)20-27(24,25)10-3-5-12(16)11(7-10)15(17,18)19/h3-8,20-21H,2H2,1H3. The van der Waals surface area contributed by atoms with Crippen molar-refractivity contribution < 1.29 is 35.1 Å². The first-order chi connectivity index (χ1) is 12.3. The first kappa shape index (κ1) is 21.3. The zero-order valence-electron chi connectivity index (χ0n) is 13.6. The van der Waals surface area contributed by atoms with E-state index in [4.69, 9.17) is 11.6 Å². The Morgan fingerprint density at radius 1 is 1.04 bits per heavy atom. The third-order valence-corrected chi connectivity index (χ3v) is 6.93. The van der Waals surface area contributed by atoms with Gasteiger partial charge in [0.2, 0.25) is 0 Å². The fraction of sp³-hybridized carbons (Fsp3) is 0.200. The summed E-state index contributed by atoms with van der Waals surface area (Å²) in [5.41, 5.74) is -1.84. The average molecular weight is 444 g/mol. The molecule has 27 heavy (non-hydrogen) atoms. The van der Waals surface area contributed by atoms with Crippen LogP contribution in [0, 0.1) is 0 Å². The number of nitrogens with one attached hydrogen (secondary N) is 1. The lowest BCUT2D eigenvalue weighted by Gasteiger charge is -2.14. The summed E-state index contributed by atoms with van der Waals surface area (Å²) >= 11 is 5.46. The van der Waals surface area contributed by atoms with E-state index in [1.807, 2.05) is 4.72 Å². The van der Waals surface area contributed by atoms with Gasteiger partial charge in [-0.2, -0.15) is 13.2 Å². The van der Waals surface area contributed by atoms with Gasteiger partial charge < -0.3 is 5.11 Å². The van der Waals surface area contributed by atoms with Gasteiger partial charge in [0.25, 0.3) is 10.0 Å². The largest absolute Gasteiger partial charge is 0.506 e. The number of benzene rings is 2. The Balaban J connectivity index is 2.50. The summed E-state index contributed by atoms with van der Waals surface area (Å²) in [6.07, 6.45) is -4.88. The van der Waals surface area contributed by atoms with Gasteiger partial charge in [0.05, 0.1) is 31.8 Å². The summed E-state index contributed by atoms with van der Waals surface area (Å²) in [5.74, 6) is -0.866. The minimum Gasteiger partial charge on any atom is -0.506 e. The second-order valence-corrected chi connectivity index (χ2v) is 9.70. The van der Waals surface area contributed by atoms with Crippen LogP contribution >= 0.6 is 11.6 Å². The molecule has 0 spiro atoms. The minimum atomic E-state index is -4.88. The van der Waals surface area contributed by atoms with Gasteiger partial charge in [-0.15, -0.1) is 0 Å². The molecule has 6 nitrogen and oxygen atoms in total. The molecule has 0 aliphatic rings. The molecule has 2 N–H and O–H groups in total. The molecule has 0 radical (unpaired) electrons. The van der Waals surface area contributed by atoms with E-state index < -0.39 is 53.0 Å². The minimum absolute atomic E-state index is 0.257. The Bertz CT molecular complexity index is 1080. The van der Waals surface area contributed by atoms with Crippen LogP contribution in [0.3, 0.4) is 0 Å². The summed E-state index contributed by atoms with van der Waals surface area (Å²) in [4.78, 5) is -1.02. The molecule has 12 heteroatoms. The summed E-state index contributed by atoms with van der Waals surface area (Å²) in [7, 11) is -8.27. The topological polar surface area (TPSA) is 101 Å². The van der Waals surface area contributed by atoms with Gasteiger partial charge >= 0.3 is 6.18 Å². The van der Waals surface area contributed by atoms with Crippen LogP contribution in [0.4, 0.5) is 18.9 Å². The lowest BCUT2D eigenvalue weighted by molar-refractivity contribution is -0.137. The second kappa shape index (κ2) is 7.21. The fourth-order valence-electron chi connectivity index (χ4n) is 2.05. The molecule has 0 bridgehead atoms. The van der Waals surface area contributed by atoms with Crippen LogP contribution in [0.5, 0.6) is 5.75 Å². The maximum atomic E-state index is 12.9. The number of phenols is 1. The van der Waals surface area contributed by atoms with Crippen LogP contribution in [-0.4, -0.2) is 27.7 Å². The Labute approximate surface area is 158 Å². The zero-order chi connectivity index (χ0) is 20.6. The van der Waals surface area contributed by atoms with E-state index in [2.05, 4.69) is 0 Å². The van der Waals surface area contributed by atoms with E-state index in [1.54, 1.807) is 0 Å². The summed E-state index contributed by atoms with van der Waals surface area (Å²) in [6.45, 7) is 1.37. The van der Waals surface area contributed by atoms with E-state index in [9.17, 15) is 35.1 Å². The molecule has 0 aromatic heterocycles. The van der Waals surface area contributed by atoms with E-state index in [0.717, 1.165) is 30.3 Å². The molecule has 148 valence electrons. The zero-order valence-corrected chi connectivity index (χ0v) is 16.0. The van der Waals surface area contributed by atoms with Crippen molar-refractivity contribution in [3.8, 4) is 5.75 Å². The molecular weight excluding hydrogens is 431 g/mol. The molecule has 0 heterocycles. The van der Waals surface area contributed by atoms with Crippen molar-refractivity contribution in [3.63, 3.8) is 0 Å². The van der Waals surface area contributed by atoms with Crippen LogP contribution in [0.1, 0.15) is 12.5 Å². The van der Waals surface area contributed by atoms with E-state index >= 15 is 0 Å².